The SMILES string of the molecule is CCCCCC1CCC2CC(c3ccc4c(F)c(Cl)ccc4c3)CCC2C1. The molecule has 4 rings (SSSR count). The molecular formula is C25H32ClF. The van der Waals surface area contributed by atoms with Crippen LogP contribution >= 0.6 is 11.6 Å². The van der Waals surface area contributed by atoms with Crippen LogP contribution in [0.2, 0.25) is 5.02 Å². The van der Waals surface area contributed by atoms with Crippen LogP contribution in [0.15, 0.2) is 30.3 Å². The Kier molecular flexibility index (Phi) is 6.07. The van der Waals surface area contributed by atoms with E-state index in [0.717, 1.165) is 23.1 Å². The molecule has 2 aliphatic carbocycles. The molecule has 2 aromatic carbocycles. The summed E-state index contributed by atoms with van der Waals surface area (Å²) in [6.07, 6.45) is 14.0. The molecule has 2 aromatic rings. The van der Waals surface area contributed by atoms with Crippen molar-refractivity contribution >= 4 is 22.4 Å². The van der Waals surface area contributed by atoms with Gasteiger partial charge in [0, 0.05) is 5.39 Å². The number of halogens is 2. The first-order chi connectivity index (χ1) is 13.2. The molecule has 4 atom stereocenters. The molecule has 0 bridgehead atoms. The average Bonchev–Trinajstić information content (AvgIpc) is 2.70. The van der Waals surface area contributed by atoms with Gasteiger partial charge in [-0.1, -0.05) is 74.9 Å². The van der Waals surface area contributed by atoms with Crippen LogP contribution in [0.3, 0.4) is 0 Å². The van der Waals surface area contributed by atoms with E-state index in [2.05, 4.69) is 19.1 Å². The molecule has 2 saturated carbocycles. The van der Waals surface area contributed by atoms with Crippen LogP contribution in [0.4, 0.5) is 4.39 Å². The van der Waals surface area contributed by atoms with E-state index in [-0.39, 0.29) is 10.8 Å². The van der Waals surface area contributed by atoms with E-state index in [0.29, 0.717) is 11.3 Å². The fourth-order valence-electron chi connectivity index (χ4n) is 5.77. The van der Waals surface area contributed by atoms with E-state index in [1.54, 1.807) is 6.07 Å². The summed E-state index contributed by atoms with van der Waals surface area (Å²) in [5.74, 6) is 3.21. The van der Waals surface area contributed by atoms with Crippen molar-refractivity contribution in [1.82, 2.24) is 0 Å². The van der Waals surface area contributed by atoms with Crippen LogP contribution in [0, 0.1) is 23.6 Å². The van der Waals surface area contributed by atoms with E-state index < -0.39 is 0 Å². The van der Waals surface area contributed by atoms with Gasteiger partial charge >= 0.3 is 0 Å². The van der Waals surface area contributed by atoms with E-state index >= 15 is 0 Å². The van der Waals surface area contributed by atoms with Crippen LogP contribution in [0.5, 0.6) is 0 Å². The molecule has 4 unspecified atom stereocenters. The van der Waals surface area contributed by atoms with Crippen molar-refractivity contribution in [3.05, 3.63) is 46.7 Å². The standard InChI is InChI=1S/C25H32ClF/c1-2-3-4-5-17-6-7-19-15-20(9-8-18(19)14-17)21-10-12-23-22(16-21)11-13-24(26)25(23)27/h10-13,16-20H,2-9,14-15H2,1H3. The van der Waals surface area contributed by atoms with Crippen molar-refractivity contribution in [2.45, 2.75) is 77.0 Å². The Morgan fingerprint density at radius 1 is 0.963 bits per heavy atom. The minimum Gasteiger partial charge on any atom is -0.205 e. The van der Waals surface area contributed by atoms with E-state index in [4.69, 9.17) is 11.6 Å². The summed E-state index contributed by atoms with van der Waals surface area (Å²) in [4.78, 5) is 0. The zero-order valence-electron chi connectivity index (χ0n) is 16.5. The number of benzene rings is 2. The molecule has 0 radical (unpaired) electrons. The van der Waals surface area contributed by atoms with Crippen molar-refractivity contribution in [3.63, 3.8) is 0 Å². The van der Waals surface area contributed by atoms with Gasteiger partial charge in [0.15, 0.2) is 0 Å². The number of fused-ring (bicyclic) bond motifs is 2. The molecule has 2 fully saturated rings. The molecule has 2 heteroatoms. The maximum absolute atomic E-state index is 14.2. The maximum atomic E-state index is 14.2. The Morgan fingerprint density at radius 2 is 1.78 bits per heavy atom. The molecular weight excluding hydrogens is 355 g/mol. The van der Waals surface area contributed by atoms with Crippen molar-refractivity contribution in [3.8, 4) is 0 Å². The third-order valence-electron chi connectivity index (χ3n) is 7.34. The number of hydrogen-bond donors (Lipinski definition) is 0. The smallest absolute Gasteiger partial charge is 0.149 e. The highest BCUT2D eigenvalue weighted by atomic mass is 35.5. The van der Waals surface area contributed by atoms with Crippen LogP contribution in [-0.2, 0) is 0 Å². The summed E-state index contributed by atoms with van der Waals surface area (Å²) in [5, 5.41) is 1.84. The Balaban J connectivity index is 1.41. The lowest BCUT2D eigenvalue weighted by Crippen LogP contribution is -2.30. The van der Waals surface area contributed by atoms with Crippen LogP contribution in [0.25, 0.3) is 10.8 Å². The summed E-state index contributed by atoms with van der Waals surface area (Å²) in [7, 11) is 0. The van der Waals surface area contributed by atoms with Gasteiger partial charge in [-0.25, -0.2) is 4.39 Å². The summed E-state index contributed by atoms with van der Waals surface area (Å²) >= 11 is 5.93. The van der Waals surface area contributed by atoms with Gasteiger partial charge in [-0.15, -0.1) is 0 Å². The second kappa shape index (κ2) is 8.52. The molecule has 0 saturated heterocycles. The fraction of sp³-hybridized carbons (Fsp3) is 0.600. The van der Waals surface area contributed by atoms with Gasteiger partial charge in [-0.2, -0.15) is 0 Å². The lowest BCUT2D eigenvalue weighted by atomic mass is 9.63. The third kappa shape index (κ3) is 4.19. The molecule has 27 heavy (non-hydrogen) atoms. The van der Waals surface area contributed by atoms with Crippen LogP contribution in [0.1, 0.15) is 82.6 Å². The second-order valence-electron chi connectivity index (χ2n) is 9.05. The zero-order valence-corrected chi connectivity index (χ0v) is 17.3. The first-order valence-electron chi connectivity index (χ1n) is 11.0. The lowest BCUT2D eigenvalue weighted by Gasteiger charge is -2.42. The van der Waals surface area contributed by atoms with E-state index in [1.807, 2.05) is 12.1 Å². The highest BCUT2D eigenvalue weighted by Crippen LogP contribution is 2.48. The van der Waals surface area contributed by atoms with E-state index in [1.165, 1.54) is 69.8 Å². The van der Waals surface area contributed by atoms with Crippen molar-refractivity contribution in [1.29, 1.82) is 0 Å². The normalized spacial score (nSPS) is 28.3. The Bertz CT molecular complexity index is 783. The molecule has 0 heterocycles. The van der Waals surface area contributed by atoms with Gasteiger partial charge in [0.1, 0.15) is 5.82 Å². The van der Waals surface area contributed by atoms with E-state index in [9.17, 15) is 4.39 Å². The van der Waals surface area contributed by atoms with Crippen molar-refractivity contribution in [2.24, 2.45) is 17.8 Å². The third-order valence-corrected chi connectivity index (χ3v) is 7.63. The highest BCUT2D eigenvalue weighted by Gasteiger charge is 2.35. The molecule has 0 spiro atoms. The number of hydrogen-bond acceptors (Lipinski definition) is 0. The average molecular weight is 387 g/mol. The Morgan fingerprint density at radius 3 is 2.63 bits per heavy atom. The van der Waals surface area contributed by atoms with Crippen LogP contribution in [-0.4, -0.2) is 0 Å². The monoisotopic (exact) mass is 386 g/mol. The minimum atomic E-state index is -0.286. The molecule has 0 N–H and O–H groups in total. The summed E-state index contributed by atoms with van der Waals surface area (Å²) in [6.45, 7) is 2.30. The molecule has 0 nitrogen and oxygen atoms in total. The Hall–Kier alpha value is -1.08. The topological polar surface area (TPSA) is 0 Å². The van der Waals surface area contributed by atoms with Crippen molar-refractivity contribution in [2.75, 3.05) is 0 Å². The predicted molar refractivity (Wildman–Crippen MR) is 114 cm³/mol. The minimum absolute atomic E-state index is 0.214. The summed E-state index contributed by atoms with van der Waals surface area (Å²) < 4.78 is 14.2. The maximum Gasteiger partial charge on any atom is 0.149 e. The van der Waals surface area contributed by atoms with Gasteiger partial charge < -0.3 is 0 Å². The number of unbranched alkanes of at least 4 members (excludes halogenated alkanes) is 2. The highest BCUT2D eigenvalue weighted by molar-refractivity contribution is 6.31. The largest absolute Gasteiger partial charge is 0.205 e. The fourth-order valence-corrected chi connectivity index (χ4v) is 5.94. The molecule has 0 aromatic heterocycles. The quantitative estimate of drug-likeness (QED) is 0.451. The van der Waals surface area contributed by atoms with Gasteiger partial charge in [-0.05, 0) is 72.8 Å². The van der Waals surface area contributed by atoms with Gasteiger partial charge in [-0.3, -0.25) is 0 Å². The lowest BCUT2D eigenvalue weighted by molar-refractivity contribution is 0.113. The molecule has 0 amide bonds. The summed E-state index contributed by atoms with van der Waals surface area (Å²) in [6, 6.07) is 9.92. The van der Waals surface area contributed by atoms with Crippen LogP contribution < -0.4 is 0 Å². The zero-order chi connectivity index (χ0) is 18.8. The van der Waals surface area contributed by atoms with Gasteiger partial charge in [0.2, 0.25) is 0 Å². The first-order valence-corrected chi connectivity index (χ1v) is 11.4. The molecule has 0 aliphatic heterocycles. The van der Waals surface area contributed by atoms with Gasteiger partial charge in [0.05, 0.1) is 5.02 Å². The van der Waals surface area contributed by atoms with Gasteiger partial charge in [0.25, 0.3) is 0 Å². The molecule has 146 valence electrons. The summed E-state index contributed by atoms with van der Waals surface area (Å²) in [5.41, 5.74) is 1.40. The molecule has 2 aliphatic rings. The first kappa shape index (κ1) is 19.2. The number of rotatable bonds is 5. The predicted octanol–water partition coefficient (Wildman–Crippen LogP) is 8.51. The Labute approximate surface area is 168 Å². The van der Waals surface area contributed by atoms with Crippen molar-refractivity contribution < 1.29 is 4.39 Å². The second-order valence-corrected chi connectivity index (χ2v) is 9.45.